The summed E-state index contributed by atoms with van der Waals surface area (Å²) >= 11 is 5.83. The molecule has 1 spiro atoms. The van der Waals surface area contributed by atoms with E-state index in [2.05, 4.69) is 5.10 Å². The summed E-state index contributed by atoms with van der Waals surface area (Å²) in [7, 11) is 3.96. The van der Waals surface area contributed by atoms with E-state index in [1.807, 2.05) is 23.9 Å². The number of hydrogen-bond acceptors (Lipinski definition) is 6. The van der Waals surface area contributed by atoms with Crippen molar-refractivity contribution >= 4 is 29.9 Å². The molecular formula is C18H27ClN4O5. The third-order valence-corrected chi connectivity index (χ3v) is 5.32. The fraction of sp³-hybridized carbons (Fsp3) is 0.667. The molecule has 1 aromatic rings. The van der Waals surface area contributed by atoms with Crippen molar-refractivity contribution in [3.63, 3.8) is 0 Å². The zero-order valence-electron chi connectivity index (χ0n) is 16.2. The topological polar surface area (TPSA) is 105 Å². The van der Waals surface area contributed by atoms with Gasteiger partial charge >= 0.3 is 5.97 Å². The number of carboxylic acid groups (broad SMARTS) is 1. The van der Waals surface area contributed by atoms with Crippen LogP contribution in [0.25, 0.3) is 0 Å². The molecule has 9 nitrogen and oxygen atoms in total. The van der Waals surface area contributed by atoms with Gasteiger partial charge in [0.1, 0.15) is 6.10 Å². The van der Waals surface area contributed by atoms with Crippen molar-refractivity contribution in [2.75, 3.05) is 33.7 Å². The highest BCUT2D eigenvalue weighted by Crippen LogP contribution is 2.43. The summed E-state index contributed by atoms with van der Waals surface area (Å²) in [6.07, 6.45) is 5.77. The molecule has 2 fully saturated rings. The Bertz CT molecular complexity index is 685. The number of rotatable bonds is 5. The first-order valence-electron chi connectivity index (χ1n) is 9.19. The van der Waals surface area contributed by atoms with Gasteiger partial charge in [0.05, 0.1) is 16.6 Å². The SMILES string of the molecule is CN(C)CC1CC2(CCN(C(=O)CCn3cc(Cl)cn3)CC2)C(=O)O1.O=CO. The Labute approximate surface area is 169 Å². The van der Waals surface area contributed by atoms with Crippen LogP contribution < -0.4 is 0 Å². The Morgan fingerprint density at radius 1 is 1.46 bits per heavy atom. The summed E-state index contributed by atoms with van der Waals surface area (Å²) in [6.45, 7) is 2.24. The molecule has 2 saturated heterocycles. The molecule has 0 radical (unpaired) electrons. The molecule has 0 aliphatic carbocycles. The number of carbonyl (C=O) groups excluding carboxylic acids is 2. The van der Waals surface area contributed by atoms with Gasteiger partial charge in [-0.15, -0.1) is 0 Å². The number of aromatic nitrogens is 2. The zero-order chi connectivity index (χ0) is 20.7. The maximum Gasteiger partial charge on any atom is 0.312 e. The van der Waals surface area contributed by atoms with Gasteiger partial charge < -0.3 is 19.6 Å². The van der Waals surface area contributed by atoms with E-state index in [1.54, 1.807) is 17.1 Å². The standard InChI is InChI=1S/C17H25ClN4O3.CH2O2/c1-20(2)12-14-9-17(16(24)25-14)4-7-21(8-5-17)15(23)3-6-22-11-13(18)10-19-22;2-1-3/h10-11,14H,3-9,12H2,1-2H3;1H,(H,2,3). The van der Waals surface area contributed by atoms with Gasteiger partial charge in [-0.1, -0.05) is 11.6 Å². The van der Waals surface area contributed by atoms with Crippen LogP contribution in [0.1, 0.15) is 25.7 Å². The second kappa shape index (κ2) is 9.88. The highest BCUT2D eigenvalue weighted by Gasteiger charge is 2.50. The molecule has 1 aromatic heterocycles. The molecule has 3 rings (SSSR count). The number of likely N-dealkylation sites (N-methyl/N-ethyl adjacent to an activating group) is 1. The van der Waals surface area contributed by atoms with E-state index in [-0.39, 0.29) is 24.5 Å². The van der Waals surface area contributed by atoms with Crippen molar-refractivity contribution in [1.29, 1.82) is 0 Å². The smallest absolute Gasteiger partial charge is 0.312 e. The molecule has 1 amide bonds. The van der Waals surface area contributed by atoms with Crippen LogP contribution in [0.15, 0.2) is 12.4 Å². The lowest BCUT2D eigenvalue weighted by Gasteiger charge is -2.36. The Hall–Kier alpha value is -2.13. The van der Waals surface area contributed by atoms with Crippen molar-refractivity contribution in [2.45, 2.75) is 38.3 Å². The molecule has 3 heterocycles. The summed E-state index contributed by atoms with van der Waals surface area (Å²) in [5.41, 5.74) is -0.396. The summed E-state index contributed by atoms with van der Waals surface area (Å²) in [4.78, 5) is 37.0. The minimum absolute atomic E-state index is 0.0330. The maximum absolute atomic E-state index is 12.4. The Morgan fingerprint density at radius 2 is 2.11 bits per heavy atom. The van der Waals surface area contributed by atoms with Gasteiger partial charge in [-0.25, -0.2) is 0 Å². The van der Waals surface area contributed by atoms with Crippen LogP contribution in [0, 0.1) is 5.41 Å². The number of amides is 1. The van der Waals surface area contributed by atoms with Gasteiger partial charge in [-0.3, -0.25) is 19.1 Å². The molecule has 0 saturated carbocycles. The number of piperidine rings is 1. The van der Waals surface area contributed by atoms with Crippen LogP contribution in [0.5, 0.6) is 0 Å². The monoisotopic (exact) mass is 414 g/mol. The summed E-state index contributed by atoms with van der Waals surface area (Å²) in [6, 6.07) is 0. The average Bonchev–Trinajstić information content (AvgIpc) is 3.17. The van der Waals surface area contributed by atoms with Gasteiger partial charge in [-0.05, 0) is 26.9 Å². The van der Waals surface area contributed by atoms with Crippen molar-refractivity contribution in [1.82, 2.24) is 19.6 Å². The minimum atomic E-state index is -0.396. The normalized spacial score (nSPS) is 20.6. The molecule has 0 aromatic carbocycles. The molecule has 1 N–H and O–H groups in total. The van der Waals surface area contributed by atoms with E-state index < -0.39 is 5.41 Å². The predicted molar refractivity (Wildman–Crippen MR) is 102 cm³/mol. The third kappa shape index (κ3) is 5.68. The molecule has 0 bridgehead atoms. The average molecular weight is 415 g/mol. The fourth-order valence-electron chi connectivity index (χ4n) is 3.77. The molecule has 2 aliphatic rings. The Balaban J connectivity index is 0.000000878. The summed E-state index contributed by atoms with van der Waals surface area (Å²) in [5.74, 6) is 0.00955. The lowest BCUT2D eigenvalue weighted by atomic mass is 9.76. The molecule has 156 valence electrons. The number of cyclic esters (lactones) is 1. The van der Waals surface area contributed by atoms with Crippen LogP contribution >= 0.6 is 11.6 Å². The maximum atomic E-state index is 12.4. The van der Waals surface area contributed by atoms with E-state index >= 15 is 0 Å². The van der Waals surface area contributed by atoms with Gasteiger partial charge in [0, 0.05) is 45.2 Å². The predicted octanol–water partition coefficient (Wildman–Crippen LogP) is 1.11. The number of likely N-dealkylation sites (tertiary alicyclic amines) is 1. The van der Waals surface area contributed by atoms with E-state index in [4.69, 9.17) is 26.2 Å². The fourth-order valence-corrected chi connectivity index (χ4v) is 3.92. The van der Waals surface area contributed by atoms with Crippen molar-refractivity contribution in [3.8, 4) is 0 Å². The van der Waals surface area contributed by atoms with Crippen LogP contribution in [-0.4, -0.2) is 82.9 Å². The highest BCUT2D eigenvalue weighted by atomic mass is 35.5. The van der Waals surface area contributed by atoms with Gasteiger partial charge in [0.25, 0.3) is 6.47 Å². The molecule has 1 atom stereocenters. The number of aryl methyl sites for hydroxylation is 1. The van der Waals surface area contributed by atoms with E-state index in [9.17, 15) is 9.59 Å². The second-order valence-corrected chi connectivity index (χ2v) is 7.87. The minimum Gasteiger partial charge on any atom is -0.483 e. The molecular weight excluding hydrogens is 388 g/mol. The van der Waals surface area contributed by atoms with Crippen LogP contribution in [-0.2, 0) is 25.7 Å². The van der Waals surface area contributed by atoms with Gasteiger partial charge in [-0.2, -0.15) is 5.10 Å². The Kier molecular flexibility index (Phi) is 7.82. The van der Waals surface area contributed by atoms with E-state index in [0.29, 0.717) is 43.9 Å². The first kappa shape index (κ1) is 22.2. The number of carbonyl (C=O) groups is 3. The molecule has 2 aliphatic heterocycles. The van der Waals surface area contributed by atoms with Gasteiger partial charge in [0.15, 0.2) is 0 Å². The molecule has 1 unspecified atom stereocenters. The zero-order valence-corrected chi connectivity index (χ0v) is 17.0. The first-order chi connectivity index (χ1) is 13.3. The lowest BCUT2D eigenvalue weighted by Crippen LogP contribution is -2.45. The lowest BCUT2D eigenvalue weighted by molar-refractivity contribution is -0.152. The van der Waals surface area contributed by atoms with Gasteiger partial charge in [0.2, 0.25) is 5.91 Å². The number of nitrogens with zero attached hydrogens (tertiary/aromatic N) is 4. The van der Waals surface area contributed by atoms with Crippen LogP contribution in [0.2, 0.25) is 5.02 Å². The molecule has 28 heavy (non-hydrogen) atoms. The Morgan fingerprint density at radius 3 is 2.64 bits per heavy atom. The number of esters is 1. The second-order valence-electron chi connectivity index (χ2n) is 7.43. The molecule has 10 heteroatoms. The van der Waals surface area contributed by atoms with Crippen molar-refractivity contribution in [2.24, 2.45) is 5.41 Å². The highest BCUT2D eigenvalue weighted by molar-refractivity contribution is 6.30. The summed E-state index contributed by atoms with van der Waals surface area (Å²) < 4.78 is 7.23. The first-order valence-corrected chi connectivity index (χ1v) is 9.57. The number of ether oxygens (including phenoxy) is 1. The van der Waals surface area contributed by atoms with Crippen molar-refractivity contribution in [3.05, 3.63) is 17.4 Å². The van der Waals surface area contributed by atoms with Crippen LogP contribution in [0.3, 0.4) is 0 Å². The third-order valence-electron chi connectivity index (χ3n) is 5.12. The van der Waals surface area contributed by atoms with Crippen molar-refractivity contribution < 1.29 is 24.2 Å². The largest absolute Gasteiger partial charge is 0.483 e. The quantitative estimate of drug-likeness (QED) is 0.568. The number of halogens is 1. The van der Waals surface area contributed by atoms with Crippen LogP contribution in [0.4, 0.5) is 0 Å². The van der Waals surface area contributed by atoms with E-state index in [1.165, 1.54) is 0 Å². The van der Waals surface area contributed by atoms with E-state index in [0.717, 1.165) is 13.0 Å². The summed E-state index contributed by atoms with van der Waals surface area (Å²) in [5, 5.41) is 11.5. The number of hydrogen-bond donors (Lipinski definition) is 1.